The Morgan fingerprint density at radius 1 is 1.32 bits per heavy atom. The third-order valence-electron chi connectivity index (χ3n) is 2.48. The molecule has 0 saturated heterocycles. The Morgan fingerprint density at radius 3 is 2.68 bits per heavy atom. The van der Waals surface area contributed by atoms with Crippen molar-refractivity contribution < 1.29 is 4.74 Å². The Kier molecular flexibility index (Phi) is 7.77. The molecule has 0 radical (unpaired) electrons. The first-order valence-electron chi connectivity index (χ1n) is 6.42. The second-order valence-corrected chi connectivity index (χ2v) is 4.44. The fourth-order valence-corrected chi connectivity index (χ4v) is 1.70. The van der Waals surface area contributed by atoms with Gasteiger partial charge in [0.25, 0.3) is 0 Å². The summed E-state index contributed by atoms with van der Waals surface area (Å²) in [5.74, 6) is 0. The fourth-order valence-electron chi connectivity index (χ4n) is 1.56. The summed E-state index contributed by atoms with van der Waals surface area (Å²) < 4.78 is 4.94. The maximum atomic E-state index is 5.14. The first kappa shape index (κ1) is 15.6. The van der Waals surface area contributed by atoms with Crippen molar-refractivity contribution in [2.75, 3.05) is 20.3 Å². The van der Waals surface area contributed by atoms with Gasteiger partial charge in [0, 0.05) is 13.7 Å². The standard InChI is InChI=1S/C14H21N3OS/c1-3-7-13(12-8-5-4-6-9-12)16-17-14(19)15-10-11-18-2/h4-6,8-9H,3,7,10-11H2,1-2H3,(H2,15,17,19)/b16-13-. The number of benzene rings is 1. The minimum absolute atomic E-state index is 0.515. The molecule has 19 heavy (non-hydrogen) atoms. The van der Waals surface area contributed by atoms with Gasteiger partial charge < -0.3 is 10.1 Å². The summed E-state index contributed by atoms with van der Waals surface area (Å²) in [6, 6.07) is 10.1. The van der Waals surface area contributed by atoms with Crippen LogP contribution in [0.1, 0.15) is 25.3 Å². The number of nitrogens with one attached hydrogen (secondary N) is 2. The highest BCUT2D eigenvalue weighted by Crippen LogP contribution is 2.05. The summed E-state index contributed by atoms with van der Waals surface area (Å²) in [6.07, 6.45) is 1.96. The lowest BCUT2D eigenvalue weighted by Gasteiger charge is -2.09. The molecule has 0 aliphatic rings. The maximum Gasteiger partial charge on any atom is 0.187 e. The van der Waals surface area contributed by atoms with Crippen molar-refractivity contribution in [3.8, 4) is 0 Å². The summed E-state index contributed by atoms with van der Waals surface area (Å²) in [7, 11) is 1.66. The van der Waals surface area contributed by atoms with Crippen molar-refractivity contribution in [1.82, 2.24) is 10.7 Å². The van der Waals surface area contributed by atoms with Crippen molar-refractivity contribution in [3.05, 3.63) is 35.9 Å². The maximum absolute atomic E-state index is 5.14. The van der Waals surface area contributed by atoms with E-state index in [1.54, 1.807) is 7.11 Å². The summed E-state index contributed by atoms with van der Waals surface area (Å²) >= 11 is 5.14. The van der Waals surface area contributed by atoms with Crippen LogP contribution in [0.5, 0.6) is 0 Å². The largest absolute Gasteiger partial charge is 0.383 e. The summed E-state index contributed by atoms with van der Waals surface area (Å²) in [5, 5.41) is 7.92. The van der Waals surface area contributed by atoms with Gasteiger partial charge in [0.2, 0.25) is 0 Å². The van der Waals surface area contributed by atoms with Gasteiger partial charge in [-0.05, 0) is 24.2 Å². The normalized spacial score (nSPS) is 11.2. The van der Waals surface area contributed by atoms with E-state index in [9.17, 15) is 0 Å². The second kappa shape index (κ2) is 9.47. The molecule has 0 heterocycles. The molecule has 0 aliphatic heterocycles. The zero-order chi connectivity index (χ0) is 13.9. The molecule has 0 saturated carbocycles. The lowest BCUT2D eigenvalue weighted by atomic mass is 10.1. The van der Waals surface area contributed by atoms with Crippen LogP contribution in [0.2, 0.25) is 0 Å². The zero-order valence-corrected chi connectivity index (χ0v) is 12.3. The van der Waals surface area contributed by atoms with E-state index in [-0.39, 0.29) is 0 Å². The average molecular weight is 279 g/mol. The lowest BCUT2D eigenvalue weighted by Crippen LogP contribution is -2.34. The summed E-state index contributed by atoms with van der Waals surface area (Å²) in [5.41, 5.74) is 5.01. The highest BCUT2D eigenvalue weighted by Gasteiger charge is 2.02. The first-order valence-corrected chi connectivity index (χ1v) is 6.83. The van der Waals surface area contributed by atoms with E-state index < -0.39 is 0 Å². The molecule has 0 spiro atoms. The molecule has 1 rings (SSSR count). The van der Waals surface area contributed by atoms with E-state index in [1.807, 2.05) is 18.2 Å². The third kappa shape index (κ3) is 6.31. The minimum atomic E-state index is 0.515. The van der Waals surface area contributed by atoms with Crippen LogP contribution < -0.4 is 10.7 Å². The van der Waals surface area contributed by atoms with E-state index >= 15 is 0 Å². The van der Waals surface area contributed by atoms with Crippen molar-refractivity contribution in [3.63, 3.8) is 0 Å². The third-order valence-corrected chi connectivity index (χ3v) is 2.71. The highest BCUT2D eigenvalue weighted by molar-refractivity contribution is 7.80. The van der Waals surface area contributed by atoms with Gasteiger partial charge in [0.1, 0.15) is 0 Å². The van der Waals surface area contributed by atoms with Gasteiger partial charge in [0.05, 0.1) is 12.3 Å². The molecular weight excluding hydrogens is 258 g/mol. The van der Waals surface area contributed by atoms with Crippen LogP contribution in [0.4, 0.5) is 0 Å². The Balaban J connectivity index is 2.56. The van der Waals surface area contributed by atoms with Crippen LogP contribution in [-0.2, 0) is 4.74 Å². The molecule has 5 heteroatoms. The van der Waals surface area contributed by atoms with Gasteiger partial charge >= 0.3 is 0 Å². The SMILES string of the molecule is CCC/C(=N/NC(=S)NCCOC)c1ccccc1. The smallest absolute Gasteiger partial charge is 0.187 e. The number of hydrogen-bond donors (Lipinski definition) is 2. The molecule has 0 atom stereocenters. The minimum Gasteiger partial charge on any atom is -0.383 e. The van der Waals surface area contributed by atoms with Gasteiger partial charge in [0.15, 0.2) is 5.11 Å². The van der Waals surface area contributed by atoms with E-state index in [2.05, 4.69) is 34.9 Å². The molecular formula is C14H21N3OS. The zero-order valence-electron chi connectivity index (χ0n) is 11.5. The van der Waals surface area contributed by atoms with Crippen molar-refractivity contribution in [1.29, 1.82) is 0 Å². The molecule has 0 bridgehead atoms. The number of methoxy groups -OCH3 is 1. The highest BCUT2D eigenvalue weighted by atomic mass is 32.1. The monoisotopic (exact) mass is 279 g/mol. The molecule has 0 unspecified atom stereocenters. The Bertz CT molecular complexity index is 406. The molecule has 0 fully saturated rings. The Morgan fingerprint density at radius 2 is 2.05 bits per heavy atom. The quantitative estimate of drug-likeness (QED) is 0.348. The first-order chi connectivity index (χ1) is 9.27. The van der Waals surface area contributed by atoms with E-state index in [0.717, 1.165) is 24.1 Å². The fraction of sp³-hybridized carbons (Fsp3) is 0.429. The van der Waals surface area contributed by atoms with Crippen LogP contribution in [0.15, 0.2) is 35.4 Å². The van der Waals surface area contributed by atoms with E-state index in [1.165, 1.54) is 0 Å². The van der Waals surface area contributed by atoms with Gasteiger partial charge in [-0.2, -0.15) is 5.10 Å². The number of rotatable bonds is 7. The number of nitrogens with zero attached hydrogens (tertiary/aromatic N) is 1. The Hall–Kier alpha value is -1.46. The Labute approximate surface area is 120 Å². The van der Waals surface area contributed by atoms with Gasteiger partial charge in [-0.3, -0.25) is 5.43 Å². The predicted molar refractivity (Wildman–Crippen MR) is 83.5 cm³/mol. The molecule has 0 aliphatic carbocycles. The molecule has 4 nitrogen and oxygen atoms in total. The number of hydrogen-bond acceptors (Lipinski definition) is 3. The lowest BCUT2D eigenvalue weighted by molar-refractivity contribution is 0.204. The van der Waals surface area contributed by atoms with Crippen molar-refractivity contribution in [2.24, 2.45) is 5.10 Å². The molecule has 2 N–H and O–H groups in total. The van der Waals surface area contributed by atoms with Gasteiger partial charge in [-0.15, -0.1) is 0 Å². The number of thiocarbonyl (C=S) groups is 1. The predicted octanol–water partition coefficient (Wildman–Crippen LogP) is 2.30. The van der Waals surface area contributed by atoms with Crippen LogP contribution in [0.25, 0.3) is 0 Å². The number of hydrazone groups is 1. The average Bonchev–Trinajstić information content (AvgIpc) is 2.44. The van der Waals surface area contributed by atoms with E-state index in [0.29, 0.717) is 18.3 Å². The van der Waals surface area contributed by atoms with Crippen molar-refractivity contribution in [2.45, 2.75) is 19.8 Å². The van der Waals surface area contributed by atoms with Crippen LogP contribution in [0, 0.1) is 0 Å². The number of ether oxygens (including phenoxy) is 1. The molecule has 1 aromatic carbocycles. The van der Waals surface area contributed by atoms with Crippen molar-refractivity contribution >= 4 is 23.0 Å². The molecule has 0 aromatic heterocycles. The van der Waals surface area contributed by atoms with E-state index in [4.69, 9.17) is 17.0 Å². The van der Waals surface area contributed by atoms with Crippen LogP contribution in [0.3, 0.4) is 0 Å². The molecule has 0 amide bonds. The van der Waals surface area contributed by atoms with Gasteiger partial charge in [-0.1, -0.05) is 43.7 Å². The van der Waals surface area contributed by atoms with Crippen LogP contribution >= 0.6 is 12.2 Å². The molecule has 104 valence electrons. The van der Waals surface area contributed by atoms with Gasteiger partial charge in [-0.25, -0.2) is 0 Å². The summed E-state index contributed by atoms with van der Waals surface area (Å²) in [4.78, 5) is 0. The molecule has 1 aromatic rings. The van der Waals surface area contributed by atoms with Crippen LogP contribution in [-0.4, -0.2) is 31.1 Å². The second-order valence-electron chi connectivity index (χ2n) is 4.04. The topological polar surface area (TPSA) is 45.7 Å². The summed E-state index contributed by atoms with van der Waals surface area (Å²) in [6.45, 7) is 3.42.